The number of aryl methyl sites for hydroxylation is 1. The molecule has 1 fully saturated rings. The first-order valence-corrected chi connectivity index (χ1v) is 10.9. The van der Waals surface area contributed by atoms with Crippen LogP contribution in [0.3, 0.4) is 0 Å². The number of carbonyl (C=O) groups is 1. The number of halogens is 1. The largest absolute Gasteiger partial charge is 0.495 e. The Bertz CT molecular complexity index is 1370. The molecule has 5 rings (SSSR count). The maximum Gasteiger partial charge on any atom is 0.246 e. The SMILES string of the molecule is C=CC(=O)N1CC(n2cc(-c3cc4cc(C)cc(OC)c4s3)c3c(N)nc(Cl)nc32)C1. The van der Waals surface area contributed by atoms with Gasteiger partial charge in [-0.3, -0.25) is 4.79 Å². The van der Waals surface area contributed by atoms with Crippen molar-refractivity contribution < 1.29 is 9.53 Å². The van der Waals surface area contributed by atoms with Gasteiger partial charge in [0, 0.05) is 29.7 Å². The van der Waals surface area contributed by atoms with Crippen molar-refractivity contribution in [2.75, 3.05) is 25.9 Å². The van der Waals surface area contributed by atoms with Crippen LogP contribution in [0, 0.1) is 6.92 Å². The first kappa shape index (κ1) is 19.8. The summed E-state index contributed by atoms with van der Waals surface area (Å²) in [6.07, 6.45) is 3.37. The summed E-state index contributed by atoms with van der Waals surface area (Å²) in [5.74, 6) is 1.11. The monoisotopic (exact) mass is 453 g/mol. The van der Waals surface area contributed by atoms with Crippen LogP contribution >= 0.6 is 22.9 Å². The van der Waals surface area contributed by atoms with Crippen molar-refractivity contribution in [3.05, 3.63) is 47.9 Å². The van der Waals surface area contributed by atoms with Crippen LogP contribution in [-0.2, 0) is 4.79 Å². The predicted molar refractivity (Wildman–Crippen MR) is 125 cm³/mol. The van der Waals surface area contributed by atoms with Gasteiger partial charge in [-0.1, -0.05) is 12.6 Å². The van der Waals surface area contributed by atoms with Gasteiger partial charge < -0.3 is 19.9 Å². The van der Waals surface area contributed by atoms with Crippen molar-refractivity contribution in [2.24, 2.45) is 0 Å². The lowest BCUT2D eigenvalue weighted by atomic mass is 10.1. The fourth-order valence-corrected chi connectivity index (χ4v) is 5.42. The van der Waals surface area contributed by atoms with Gasteiger partial charge in [-0.05, 0) is 47.7 Å². The van der Waals surface area contributed by atoms with E-state index in [0.717, 1.165) is 37.2 Å². The number of amides is 1. The minimum atomic E-state index is -0.0768. The molecule has 1 aromatic carbocycles. The molecule has 0 unspecified atom stereocenters. The van der Waals surface area contributed by atoms with Crippen LogP contribution in [0.25, 0.3) is 31.6 Å². The zero-order chi connectivity index (χ0) is 21.9. The number of likely N-dealkylation sites (tertiary alicyclic amines) is 1. The number of methoxy groups -OCH3 is 1. The fraction of sp³-hybridized carbons (Fsp3) is 0.227. The first-order chi connectivity index (χ1) is 14.9. The van der Waals surface area contributed by atoms with Crippen molar-refractivity contribution in [2.45, 2.75) is 13.0 Å². The minimum absolute atomic E-state index is 0.0768. The Morgan fingerprint density at radius 3 is 2.84 bits per heavy atom. The Balaban J connectivity index is 1.67. The van der Waals surface area contributed by atoms with E-state index in [9.17, 15) is 4.79 Å². The van der Waals surface area contributed by atoms with Gasteiger partial charge in [0.15, 0.2) is 0 Å². The second-order valence-corrected chi connectivity index (χ2v) is 9.01. The number of nitrogens with zero attached hydrogens (tertiary/aromatic N) is 4. The Kier molecular flexibility index (Phi) is 4.64. The van der Waals surface area contributed by atoms with E-state index in [1.54, 1.807) is 23.3 Å². The number of anilines is 1. The molecule has 0 atom stereocenters. The Morgan fingerprint density at radius 1 is 1.35 bits per heavy atom. The van der Waals surface area contributed by atoms with E-state index in [0.29, 0.717) is 24.6 Å². The molecule has 1 saturated heterocycles. The number of nitrogens with two attached hydrogens (primary N) is 1. The number of nitrogen functional groups attached to an aromatic ring is 1. The normalized spacial score (nSPS) is 14.2. The van der Waals surface area contributed by atoms with Crippen LogP contribution in [-0.4, -0.2) is 45.5 Å². The van der Waals surface area contributed by atoms with Gasteiger partial charge in [0.1, 0.15) is 17.2 Å². The van der Waals surface area contributed by atoms with Gasteiger partial charge in [-0.15, -0.1) is 11.3 Å². The summed E-state index contributed by atoms with van der Waals surface area (Å²) in [7, 11) is 1.68. The number of aromatic nitrogens is 3. The van der Waals surface area contributed by atoms with E-state index >= 15 is 0 Å². The molecule has 9 heteroatoms. The van der Waals surface area contributed by atoms with Gasteiger partial charge in [-0.2, -0.15) is 4.98 Å². The number of hydrogen-bond acceptors (Lipinski definition) is 6. The molecule has 0 radical (unpaired) electrons. The maximum absolute atomic E-state index is 11.9. The van der Waals surface area contributed by atoms with E-state index in [1.807, 2.05) is 23.8 Å². The molecule has 0 aliphatic carbocycles. The lowest BCUT2D eigenvalue weighted by molar-refractivity contribution is -0.131. The Labute approximate surface area is 187 Å². The topological polar surface area (TPSA) is 86.3 Å². The molecular formula is C22H20ClN5O2S. The number of benzene rings is 1. The molecule has 0 bridgehead atoms. The van der Waals surface area contributed by atoms with Crippen LogP contribution in [0.1, 0.15) is 11.6 Å². The molecular weight excluding hydrogens is 434 g/mol. The van der Waals surface area contributed by atoms with Gasteiger partial charge in [0.2, 0.25) is 11.2 Å². The quantitative estimate of drug-likeness (QED) is 0.364. The minimum Gasteiger partial charge on any atom is -0.495 e. The highest BCUT2D eigenvalue weighted by Crippen LogP contribution is 2.44. The summed E-state index contributed by atoms with van der Waals surface area (Å²) in [6.45, 7) is 6.76. The van der Waals surface area contributed by atoms with Crippen LogP contribution in [0.15, 0.2) is 37.1 Å². The average Bonchev–Trinajstić information content (AvgIpc) is 3.27. The molecule has 4 aromatic rings. The highest BCUT2D eigenvalue weighted by molar-refractivity contribution is 7.22. The third-order valence-corrected chi connectivity index (χ3v) is 6.99. The van der Waals surface area contributed by atoms with E-state index in [4.69, 9.17) is 22.1 Å². The van der Waals surface area contributed by atoms with E-state index in [1.165, 1.54) is 6.08 Å². The third kappa shape index (κ3) is 3.14. The fourth-order valence-electron chi connectivity index (χ4n) is 4.10. The molecule has 3 aromatic heterocycles. The molecule has 7 nitrogen and oxygen atoms in total. The number of ether oxygens (including phenoxy) is 1. The van der Waals surface area contributed by atoms with E-state index in [-0.39, 0.29) is 17.2 Å². The second kappa shape index (κ2) is 7.25. The molecule has 1 aliphatic heterocycles. The molecule has 31 heavy (non-hydrogen) atoms. The lowest BCUT2D eigenvalue weighted by Gasteiger charge is -2.39. The number of fused-ring (bicyclic) bond motifs is 2. The average molecular weight is 454 g/mol. The van der Waals surface area contributed by atoms with Crippen LogP contribution in [0.4, 0.5) is 5.82 Å². The Morgan fingerprint density at radius 2 is 2.13 bits per heavy atom. The van der Waals surface area contributed by atoms with E-state index in [2.05, 4.69) is 28.7 Å². The lowest BCUT2D eigenvalue weighted by Crippen LogP contribution is -2.50. The van der Waals surface area contributed by atoms with Crippen molar-refractivity contribution >= 4 is 55.8 Å². The summed E-state index contributed by atoms with van der Waals surface area (Å²) in [5, 5.41) is 1.97. The number of thiophene rings is 1. The van der Waals surface area contributed by atoms with Gasteiger partial charge in [-0.25, -0.2) is 4.98 Å². The van der Waals surface area contributed by atoms with Crippen molar-refractivity contribution in [1.29, 1.82) is 0 Å². The van der Waals surface area contributed by atoms with Crippen LogP contribution < -0.4 is 10.5 Å². The summed E-state index contributed by atoms with van der Waals surface area (Å²) < 4.78 is 8.72. The summed E-state index contributed by atoms with van der Waals surface area (Å²) in [5.41, 5.74) is 9.04. The predicted octanol–water partition coefficient (Wildman–Crippen LogP) is 4.43. The zero-order valence-electron chi connectivity index (χ0n) is 17.1. The molecule has 0 spiro atoms. The number of rotatable bonds is 4. The van der Waals surface area contributed by atoms with Crippen molar-refractivity contribution in [3.63, 3.8) is 0 Å². The van der Waals surface area contributed by atoms with Gasteiger partial charge >= 0.3 is 0 Å². The molecule has 2 N–H and O–H groups in total. The van der Waals surface area contributed by atoms with Crippen LogP contribution in [0.5, 0.6) is 5.75 Å². The molecule has 1 amide bonds. The summed E-state index contributed by atoms with van der Waals surface area (Å²) in [4.78, 5) is 23.3. The standard InChI is InChI=1S/C22H20ClN5O2S/c1-4-17(29)27-8-13(9-27)28-10-14(18-20(24)25-22(23)26-21(18)28)16-7-12-5-11(2)6-15(30-3)19(12)31-16/h4-7,10,13H,1,8-9H2,2-3H3,(H2,24,25,26). The van der Waals surface area contributed by atoms with E-state index < -0.39 is 0 Å². The molecule has 158 valence electrons. The first-order valence-electron chi connectivity index (χ1n) is 9.73. The molecule has 1 aliphatic rings. The number of carbonyl (C=O) groups excluding carboxylic acids is 1. The molecule has 0 saturated carbocycles. The van der Waals surface area contributed by atoms with Crippen molar-refractivity contribution in [1.82, 2.24) is 19.4 Å². The van der Waals surface area contributed by atoms with Gasteiger partial charge in [0.25, 0.3) is 0 Å². The second-order valence-electron chi connectivity index (χ2n) is 7.62. The van der Waals surface area contributed by atoms with Crippen LogP contribution in [0.2, 0.25) is 5.28 Å². The van der Waals surface area contributed by atoms with Gasteiger partial charge in [0.05, 0.1) is 23.2 Å². The maximum atomic E-state index is 11.9. The Hall–Kier alpha value is -3.10. The van der Waals surface area contributed by atoms with Crippen molar-refractivity contribution in [3.8, 4) is 16.2 Å². The number of hydrogen-bond donors (Lipinski definition) is 1. The highest BCUT2D eigenvalue weighted by Gasteiger charge is 2.33. The molecule has 4 heterocycles. The highest BCUT2D eigenvalue weighted by atomic mass is 35.5. The smallest absolute Gasteiger partial charge is 0.246 e. The zero-order valence-corrected chi connectivity index (χ0v) is 18.6. The third-order valence-electron chi connectivity index (χ3n) is 5.63. The summed E-state index contributed by atoms with van der Waals surface area (Å²) in [6, 6.07) is 6.38. The summed E-state index contributed by atoms with van der Waals surface area (Å²) >= 11 is 7.77.